The third kappa shape index (κ3) is 3.07. The molecule has 0 aliphatic carbocycles. The maximum absolute atomic E-state index is 12.0. The molecule has 0 saturated carbocycles. The van der Waals surface area contributed by atoms with Gasteiger partial charge in [-0.3, -0.25) is 4.79 Å². The minimum absolute atomic E-state index is 0.0348. The Morgan fingerprint density at radius 1 is 1.24 bits per heavy atom. The number of thiophene rings is 1. The standard InChI is InChI=1S/C13H12INOS/c1-8-7-12(17-9(8)2)13(16)15-11-5-3-10(14)4-6-11/h3-7H,1-2H3,(H,15,16). The lowest BCUT2D eigenvalue weighted by molar-refractivity contribution is 0.103. The van der Waals surface area contributed by atoms with Crippen molar-refractivity contribution < 1.29 is 4.79 Å². The largest absolute Gasteiger partial charge is 0.321 e. The van der Waals surface area contributed by atoms with E-state index in [0.717, 1.165) is 14.1 Å². The van der Waals surface area contributed by atoms with Gasteiger partial charge in [0.15, 0.2) is 0 Å². The highest BCUT2D eigenvalue weighted by molar-refractivity contribution is 14.1. The van der Waals surface area contributed by atoms with Crippen molar-refractivity contribution in [3.63, 3.8) is 0 Å². The molecule has 2 nitrogen and oxygen atoms in total. The van der Waals surface area contributed by atoms with Crippen LogP contribution in [0.25, 0.3) is 0 Å². The molecule has 2 aromatic rings. The van der Waals surface area contributed by atoms with E-state index >= 15 is 0 Å². The lowest BCUT2D eigenvalue weighted by Gasteiger charge is -2.03. The van der Waals surface area contributed by atoms with E-state index in [1.54, 1.807) is 0 Å². The molecule has 4 heteroatoms. The van der Waals surface area contributed by atoms with Crippen molar-refractivity contribution in [2.75, 3.05) is 5.32 Å². The Morgan fingerprint density at radius 3 is 2.41 bits per heavy atom. The molecule has 1 aromatic carbocycles. The molecule has 1 amide bonds. The summed E-state index contributed by atoms with van der Waals surface area (Å²) in [4.78, 5) is 13.9. The highest BCUT2D eigenvalue weighted by atomic mass is 127. The van der Waals surface area contributed by atoms with Crippen LogP contribution in [-0.2, 0) is 0 Å². The minimum Gasteiger partial charge on any atom is -0.321 e. The number of hydrogen-bond acceptors (Lipinski definition) is 2. The first-order chi connectivity index (χ1) is 8.06. The van der Waals surface area contributed by atoms with Gasteiger partial charge in [0.05, 0.1) is 4.88 Å². The van der Waals surface area contributed by atoms with Crippen LogP contribution in [-0.4, -0.2) is 5.91 Å². The van der Waals surface area contributed by atoms with Crippen molar-refractivity contribution in [3.05, 3.63) is 49.2 Å². The van der Waals surface area contributed by atoms with E-state index in [-0.39, 0.29) is 5.91 Å². The Bertz CT molecular complexity index is 526. The third-order valence-electron chi connectivity index (χ3n) is 2.49. The highest BCUT2D eigenvalue weighted by Crippen LogP contribution is 2.22. The third-order valence-corrected chi connectivity index (χ3v) is 4.36. The molecule has 0 saturated heterocycles. The van der Waals surface area contributed by atoms with Gasteiger partial charge >= 0.3 is 0 Å². The van der Waals surface area contributed by atoms with Crippen molar-refractivity contribution in [1.82, 2.24) is 0 Å². The average molecular weight is 357 g/mol. The van der Waals surface area contributed by atoms with Crippen LogP contribution in [0, 0.1) is 17.4 Å². The quantitative estimate of drug-likeness (QED) is 0.801. The Hall–Kier alpha value is -0.880. The van der Waals surface area contributed by atoms with Gasteiger partial charge in [-0.1, -0.05) is 0 Å². The Balaban J connectivity index is 2.14. The molecule has 17 heavy (non-hydrogen) atoms. The summed E-state index contributed by atoms with van der Waals surface area (Å²) >= 11 is 3.77. The van der Waals surface area contributed by atoms with E-state index in [2.05, 4.69) is 27.9 Å². The van der Waals surface area contributed by atoms with Crippen molar-refractivity contribution in [2.24, 2.45) is 0 Å². The van der Waals surface area contributed by atoms with Crippen molar-refractivity contribution >= 4 is 45.5 Å². The zero-order chi connectivity index (χ0) is 12.4. The number of anilines is 1. The molecule has 0 bridgehead atoms. The lowest BCUT2D eigenvalue weighted by atomic mass is 10.2. The fourth-order valence-corrected chi connectivity index (χ4v) is 2.70. The highest BCUT2D eigenvalue weighted by Gasteiger charge is 2.10. The first kappa shape index (κ1) is 12.6. The van der Waals surface area contributed by atoms with Crippen LogP contribution in [0.2, 0.25) is 0 Å². The first-order valence-electron chi connectivity index (χ1n) is 5.20. The first-order valence-corrected chi connectivity index (χ1v) is 7.10. The zero-order valence-corrected chi connectivity index (χ0v) is 12.6. The second kappa shape index (κ2) is 5.18. The van der Waals surface area contributed by atoms with Gasteiger partial charge in [-0.2, -0.15) is 0 Å². The summed E-state index contributed by atoms with van der Waals surface area (Å²) in [6.07, 6.45) is 0. The Labute approximate surface area is 118 Å². The number of benzene rings is 1. The Morgan fingerprint density at radius 2 is 1.88 bits per heavy atom. The maximum Gasteiger partial charge on any atom is 0.265 e. The number of aryl methyl sites for hydroxylation is 2. The van der Waals surface area contributed by atoms with Crippen LogP contribution in [0.15, 0.2) is 30.3 Å². The summed E-state index contributed by atoms with van der Waals surface area (Å²) < 4.78 is 1.16. The molecule has 1 heterocycles. The summed E-state index contributed by atoms with van der Waals surface area (Å²) in [6, 6.07) is 9.70. The average Bonchev–Trinajstić information content (AvgIpc) is 2.63. The van der Waals surface area contributed by atoms with Gasteiger partial charge in [0, 0.05) is 14.1 Å². The van der Waals surface area contributed by atoms with Gasteiger partial charge in [-0.05, 0) is 72.3 Å². The number of hydrogen-bond donors (Lipinski definition) is 1. The Kier molecular flexibility index (Phi) is 3.83. The molecular weight excluding hydrogens is 345 g/mol. The second-order valence-corrected chi connectivity index (χ2v) is 6.31. The number of amides is 1. The summed E-state index contributed by atoms with van der Waals surface area (Å²) in [5.41, 5.74) is 2.00. The number of rotatable bonds is 2. The van der Waals surface area contributed by atoms with Crippen molar-refractivity contribution in [2.45, 2.75) is 13.8 Å². The summed E-state index contributed by atoms with van der Waals surface area (Å²) in [6.45, 7) is 4.05. The molecule has 0 spiro atoms. The van der Waals surface area contributed by atoms with Crippen molar-refractivity contribution in [3.8, 4) is 0 Å². The predicted octanol–water partition coefficient (Wildman–Crippen LogP) is 4.22. The van der Waals surface area contributed by atoms with Gasteiger partial charge in [-0.25, -0.2) is 0 Å². The van der Waals surface area contributed by atoms with Crippen LogP contribution >= 0.6 is 33.9 Å². The topological polar surface area (TPSA) is 29.1 Å². The molecule has 0 aliphatic heterocycles. The zero-order valence-electron chi connectivity index (χ0n) is 9.58. The van der Waals surface area contributed by atoms with E-state index in [9.17, 15) is 4.79 Å². The fraction of sp³-hybridized carbons (Fsp3) is 0.154. The summed E-state index contributed by atoms with van der Waals surface area (Å²) in [5.74, 6) is -0.0348. The maximum atomic E-state index is 12.0. The fourth-order valence-electron chi connectivity index (χ4n) is 1.41. The molecule has 1 aromatic heterocycles. The van der Waals surface area contributed by atoms with Crippen LogP contribution in [0.4, 0.5) is 5.69 Å². The van der Waals surface area contributed by atoms with E-state index in [1.807, 2.05) is 44.2 Å². The number of halogens is 1. The van der Waals surface area contributed by atoms with E-state index in [0.29, 0.717) is 0 Å². The monoisotopic (exact) mass is 357 g/mol. The van der Waals surface area contributed by atoms with Crippen molar-refractivity contribution in [1.29, 1.82) is 0 Å². The smallest absolute Gasteiger partial charge is 0.265 e. The van der Waals surface area contributed by atoms with Gasteiger partial charge < -0.3 is 5.32 Å². The SMILES string of the molecule is Cc1cc(C(=O)Nc2ccc(I)cc2)sc1C. The molecular formula is C13H12INOS. The second-order valence-electron chi connectivity index (χ2n) is 3.81. The van der Waals surface area contributed by atoms with Crippen LogP contribution < -0.4 is 5.32 Å². The normalized spacial score (nSPS) is 10.3. The number of carbonyl (C=O) groups excluding carboxylic acids is 1. The van der Waals surface area contributed by atoms with E-state index in [1.165, 1.54) is 21.8 Å². The summed E-state index contributed by atoms with van der Waals surface area (Å²) in [5, 5.41) is 2.89. The van der Waals surface area contributed by atoms with E-state index in [4.69, 9.17) is 0 Å². The summed E-state index contributed by atoms with van der Waals surface area (Å²) in [7, 11) is 0. The molecule has 2 rings (SSSR count). The molecule has 0 atom stereocenters. The lowest BCUT2D eigenvalue weighted by Crippen LogP contribution is -2.09. The van der Waals surface area contributed by atoms with E-state index < -0.39 is 0 Å². The minimum atomic E-state index is -0.0348. The van der Waals surface area contributed by atoms with Gasteiger partial charge in [0.1, 0.15) is 0 Å². The van der Waals surface area contributed by atoms with Crippen LogP contribution in [0.5, 0.6) is 0 Å². The van der Waals surface area contributed by atoms with Crippen LogP contribution in [0.3, 0.4) is 0 Å². The van der Waals surface area contributed by atoms with Gasteiger partial charge in [0.2, 0.25) is 0 Å². The molecule has 0 fully saturated rings. The molecule has 0 unspecified atom stereocenters. The van der Waals surface area contributed by atoms with Gasteiger partial charge in [0.25, 0.3) is 5.91 Å². The predicted molar refractivity (Wildman–Crippen MR) is 80.9 cm³/mol. The molecule has 0 radical (unpaired) electrons. The molecule has 1 N–H and O–H groups in total. The number of carbonyl (C=O) groups is 1. The molecule has 88 valence electrons. The number of nitrogens with one attached hydrogen (secondary N) is 1. The molecule has 0 aliphatic rings. The van der Waals surface area contributed by atoms with Gasteiger partial charge in [-0.15, -0.1) is 11.3 Å². The van der Waals surface area contributed by atoms with Crippen LogP contribution in [0.1, 0.15) is 20.1 Å².